The summed E-state index contributed by atoms with van der Waals surface area (Å²) in [6.45, 7) is 6.88. The van der Waals surface area contributed by atoms with Crippen LogP contribution in [-0.4, -0.2) is 55.1 Å². The Bertz CT molecular complexity index is 1200. The smallest absolute Gasteiger partial charge is 0.410 e. The van der Waals surface area contributed by atoms with E-state index in [1.165, 1.54) is 18.7 Å². The summed E-state index contributed by atoms with van der Waals surface area (Å²) in [5.74, 6) is 1.36. The summed E-state index contributed by atoms with van der Waals surface area (Å²) in [7, 11) is 0. The van der Waals surface area contributed by atoms with Crippen LogP contribution in [0.25, 0.3) is 17.2 Å². The number of fused-ring (bicyclic) bond motifs is 1. The van der Waals surface area contributed by atoms with Crippen molar-refractivity contribution < 1.29 is 13.9 Å². The summed E-state index contributed by atoms with van der Waals surface area (Å²) in [4.78, 5) is 28.2. The second kappa shape index (κ2) is 8.85. The lowest BCUT2D eigenvalue weighted by Crippen LogP contribution is -2.47. The van der Waals surface area contributed by atoms with Crippen LogP contribution in [-0.2, 0) is 4.74 Å². The molecule has 8 nitrogen and oxygen atoms in total. The van der Waals surface area contributed by atoms with Gasteiger partial charge in [-0.05, 0) is 64.5 Å². The maximum Gasteiger partial charge on any atom is 0.410 e. The molecule has 0 spiro atoms. The minimum absolute atomic E-state index is 0.0578. The Kier molecular flexibility index (Phi) is 5.87. The molecule has 1 unspecified atom stereocenters. The number of aromatic nitrogens is 4. The number of hydrogen-bond acceptors (Lipinski definition) is 6. The maximum absolute atomic E-state index is 13.9. The quantitative estimate of drug-likeness (QED) is 0.582. The summed E-state index contributed by atoms with van der Waals surface area (Å²) in [5.41, 5.74) is 1.85. The van der Waals surface area contributed by atoms with E-state index in [1.54, 1.807) is 21.6 Å². The largest absolute Gasteiger partial charge is 0.444 e. The minimum Gasteiger partial charge on any atom is -0.444 e. The molecule has 3 aromatic heterocycles. The highest BCUT2D eigenvalue weighted by Gasteiger charge is 2.30. The van der Waals surface area contributed by atoms with Gasteiger partial charge in [-0.15, -0.1) is 0 Å². The Morgan fingerprint density at radius 2 is 1.97 bits per heavy atom. The molecular weight excluding hydrogens is 435 g/mol. The van der Waals surface area contributed by atoms with Crippen molar-refractivity contribution in [3.8, 4) is 11.5 Å². The van der Waals surface area contributed by atoms with E-state index in [9.17, 15) is 9.18 Å². The predicted molar refractivity (Wildman–Crippen MR) is 127 cm³/mol. The van der Waals surface area contributed by atoms with E-state index in [-0.39, 0.29) is 18.0 Å². The second-order valence-corrected chi connectivity index (χ2v) is 10.3. The number of hydrogen-bond donors (Lipinski definition) is 1. The lowest BCUT2D eigenvalue weighted by atomic mass is 9.80. The number of ether oxygens (including phenoxy) is 1. The fraction of sp³-hybridized carbons (Fsp3) is 0.520. The van der Waals surface area contributed by atoms with Crippen LogP contribution in [0.15, 0.2) is 30.7 Å². The average Bonchev–Trinajstić information content (AvgIpc) is 3.16. The molecule has 3 aromatic rings. The minimum atomic E-state index is -0.524. The van der Waals surface area contributed by atoms with E-state index in [0.717, 1.165) is 37.1 Å². The van der Waals surface area contributed by atoms with Crippen molar-refractivity contribution in [1.29, 1.82) is 0 Å². The van der Waals surface area contributed by atoms with Gasteiger partial charge in [0.15, 0.2) is 5.82 Å². The Balaban J connectivity index is 1.42. The van der Waals surface area contributed by atoms with Crippen molar-refractivity contribution in [2.45, 2.75) is 70.4 Å². The van der Waals surface area contributed by atoms with Crippen molar-refractivity contribution >= 4 is 17.6 Å². The van der Waals surface area contributed by atoms with E-state index in [1.807, 2.05) is 27.0 Å². The number of piperidine rings is 1. The third-order valence-corrected chi connectivity index (χ3v) is 6.47. The molecule has 1 saturated carbocycles. The van der Waals surface area contributed by atoms with Crippen molar-refractivity contribution in [1.82, 2.24) is 24.3 Å². The van der Waals surface area contributed by atoms with E-state index >= 15 is 0 Å². The van der Waals surface area contributed by atoms with Crippen molar-refractivity contribution in [3.63, 3.8) is 0 Å². The molecule has 9 heteroatoms. The fourth-order valence-corrected chi connectivity index (χ4v) is 4.55. The third kappa shape index (κ3) is 4.69. The van der Waals surface area contributed by atoms with Crippen LogP contribution >= 0.6 is 0 Å². The van der Waals surface area contributed by atoms with Crippen molar-refractivity contribution in [3.05, 3.63) is 42.1 Å². The number of halogens is 1. The van der Waals surface area contributed by atoms with Crippen LogP contribution in [0.2, 0.25) is 0 Å². The molecule has 1 amide bonds. The Labute approximate surface area is 198 Å². The molecule has 1 N–H and O–H groups in total. The molecule has 34 heavy (non-hydrogen) atoms. The van der Waals surface area contributed by atoms with Crippen LogP contribution < -0.4 is 5.32 Å². The van der Waals surface area contributed by atoms with Gasteiger partial charge in [0.2, 0.25) is 0 Å². The monoisotopic (exact) mass is 466 g/mol. The van der Waals surface area contributed by atoms with Gasteiger partial charge in [0.25, 0.3) is 0 Å². The molecule has 2 aliphatic rings. The predicted octanol–water partition coefficient (Wildman–Crippen LogP) is 5.01. The first kappa shape index (κ1) is 22.6. The van der Waals surface area contributed by atoms with Gasteiger partial charge in [0.1, 0.15) is 28.6 Å². The molecule has 4 heterocycles. The lowest BCUT2D eigenvalue weighted by molar-refractivity contribution is 0.0206. The lowest BCUT2D eigenvalue weighted by Gasteiger charge is -2.35. The average molecular weight is 467 g/mol. The van der Waals surface area contributed by atoms with Crippen LogP contribution in [0.4, 0.5) is 15.0 Å². The highest BCUT2D eigenvalue weighted by atomic mass is 19.1. The van der Waals surface area contributed by atoms with Crippen LogP contribution in [0, 0.1) is 5.82 Å². The van der Waals surface area contributed by atoms with E-state index < -0.39 is 5.60 Å². The van der Waals surface area contributed by atoms with Gasteiger partial charge in [0.05, 0.1) is 6.20 Å². The molecular formula is C25H31FN6O2. The summed E-state index contributed by atoms with van der Waals surface area (Å²) in [5, 5.41) is 3.60. The number of nitrogens with zero attached hydrogens (tertiary/aromatic N) is 5. The van der Waals surface area contributed by atoms with Gasteiger partial charge >= 0.3 is 6.09 Å². The summed E-state index contributed by atoms with van der Waals surface area (Å²) in [6.07, 6.45) is 9.93. The number of amides is 1. The zero-order valence-electron chi connectivity index (χ0n) is 19.9. The Hall–Kier alpha value is -3.23. The first-order valence-electron chi connectivity index (χ1n) is 12.0. The fourth-order valence-electron chi connectivity index (χ4n) is 4.55. The number of rotatable bonds is 4. The number of imidazole rings is 1. The molecule has 1 atom stereocenters. The number of nitrogens with one attached hydrogen (secondary N) is 1. The van der Waals surface area contributed by atoms with Gasteiger partial charge in [-0.25, -0.2) is 24.1 Å². The third-order valence-electron chi connectivity index (χ3n) is 6.47. The molecule has 1 aliphatic carbocycles. The highest BCUT2D eigenvalue weighted by molar-refractivity contribution is 5.68. The van der Waals surface area contributed by atoms with E-state index in [2.05, 4.69) is 15.3 Å². The van der Waals surface area contributed by atoms with E-state index in [4.69, 9.17) is 9.72 Å². The number of anilines is 1. The zero-order chi connectivity index (χ0) is 23.9. The second-order valence-electron chi connectivity index (χ2n) is 10.3. The molecule has 1 aliphatic heterocycles. The van der Waals surface area contributed by atoms with Crippen LogP contribution in [0.5, 0.6) is 0 Å². The van der Waals surface area contributed by atoms with Crippen LogP contribution in [0.3, 0.4) is 0 Å². The summed E-state index contributed by atoms with van der Waals surface area (Å²) < 4.78 is 21.1. The molecule has 0 bridgehead atoms. The highest BCUT2D eigenvalue weighted by Crippen LogP contribution is 2.40. The maximum atomic E-state index is 13.9. The van der Waals surface area contributed by atoms with Crippen molar-refractivity contribution in [2.75, 3.05) is 18.4 Å². The Morgan fingerprint density at radius 1 is 1.15 bits per heavy atom. The molecule has 2 fully saturated rings. The van der Waals surface area contributed by atoms with Gasteiger partial charge < -0.3 is 15.0 Å². The number of carbonyl (C=O) groups excluding carboxylic acids is 1. The van der Waals surface area contributed by atoms with Crippen LogP contribution in [0.1, 0.15) is 64.4 Å². The summed E-state index contributed by atoms with van der Waals surface area (Å²) in [6, 6.07) is 3.08. The normalized spacial score (nSPS) is 19.2. The van der Waals surface area contributed by atoms with Crippen molar-refractivity contribution in [2.24, 2.45) is 0 Å². The first-order chi connectivity index (χ1) is 16.3. The van der Waals surface area contributed by atoms with Gasteiger partial charge in [-0.1, -0.05) is 6.42 Å². The number of pyridine rings is 1. The Morgan fingerprint density at radius 3 is 2.71 bits per heavy atom. The topological polar surface area (TPSA) is 84.6 Å². The van der Waals surface area contributed by atoms with Gasteiger partial charge in [-0.3, -0.25) is 4.40 Å². The SMILES string of the molecule is CC(C)(C)OC(=O)N1CCCC(Nc2nc(-c3cnc4ccc(F)cn34)ncc2C2CCC2)C1. The molecule has 0 aromatic carbocycles. The molecule has 0 radical (unpaired) electrons. The summed E-state index contributed by atoms with van der Waals surface area (Å²) >= 11 is 0. The number of carbonyl (C=O) groups is 1. The standard InChI is InChI=1S/C25H31FN6O2/c1-25(2,3)34-24(33)31-11-5-8-18(15-31)29-22-19(16-6-4-7-16)12-28-23(30-22)20-13-27-21-10-9-17(26)14-32(20)21/h9-10,12-14,16,18H,4-8,11,15H2,1-3H3,(H,28,29,30). The van der Waals surface area contributed by atoms with E-state index in [0.29, 0.717) is 36.2 Å². The van der Waals surface area contributed by atoms with Gasteiger partial charge in [0, 0.05) is 37.1 Å². The zero-order valence-corrected chi connectivity index (χ0v) is 19.9. The number of likely N-dealkylation sites (tertiary alicyclic amines) is 1. The molecule has 1 saturated heterocycles. The van der Waals surface area contributed by atoms with Gasteiger partial charge in [-0.2, -0.15) is 0 Å². The molecule has 5 rings (SSSR count). The molecule has 180 valence electrons. The first-order valence-corrected chi connectivity index (χ1v) is 12.0.